The smallest absolute Gasteiger partial charge is 0.148 e. The average Bonchev–Trinajstić information content (AvgIpc) is 2.34. The van der Waals surface area contributed by atoms with Crippen LogP contribution < -0.4 is 16.6 Å². The summed E-state index contributed by atoms with van der Waals surface area (Å²) in [7, 11) is -2.93. The normalized spacial score (nSPS) is 11.7. The number of sulfone groups is 1. The maximum absolute atomic E-state index is 11.1. The van der Waals surface area contributed by atoms with Gasteiger partial charge >= 0.3 is 0 Å². The molecule has 1 aromatic rings. The summed E-state index contributed by atoms with van der Waals surface area (Å²) >= 11 is 0. The molecule has 0 saturated carbocycles. The van der Waals surface area contributed by atoms with Crippen molar-refractivity contribution in [1.29, 1.82) is 0 Å². The molecule has 8 heteroatoms. The summed E-state index contributed by atoms with van der Waals surface area (Å²) in [4.78, 5) is 8.78. The lowest BCUT2D eigenvalue weighted by atomic mass is 10.2. The van der Waals surface area contributed by atoms with Gasteiger partial charge in [-0.25, -0.2) is 24.2 Å². The van der Waals surface area contributed by atoms with Crippen molar-refractivity contribution in [3.63, 3.8) is 0 Å². The van der Waals surface area contributed by atoms with Crippen LogP contribution in [0.25, 0.3) is 0 Å². The molecule has 1 heterocycles. The molecule has 0 unspecified atom stereocenters. The number of aromatic nitrogens is 2. The van der Waals surface area contributed by atoms with Crippen molar-refractivity contribution >= 4 is 21.5 Å². The summed E-state index contributed by atoms with van der Waals surface area (Å²) in [6.07, 6.45) is 1.76. The van der Waals surface area contributed by atoms with E-state index in [4.69, 9.17) is 5.84 Å². The Morgan fingerprint density at radius 3 is 2.35 bits per heavy atom. The van der Waals surface area contributed by atoms with Crippen LogP contribution in [0.4, 0.5) is 11.6 Å². The number of nitrogens with zero attached hydrogens (tertiary/aromatic N) is 2. The van der Waals surface area contributed by atoms with Crippen LogP contribution in [0.3, 0.4) is 0 Å². The monoisotopic (exact) mass is 301 g/mol. The fourth-order valence-electron chi connectivity index (χ4n) is 1.65. The molecule has 20 heavy (non-hydrogen) atoms. The first-order chi connectivity index (χ1) is 9.24. The summed E-state index contributed by atoms with van der Waals surface area (Å²) in [5.74, 6) is 7.74. The Bertz CT molecular complexity index is 557. The van der Waals surface area contributed by atoms with Gasteiger partial charge in [-0.1, -0.05) is 13.8 Å². The van der Waals surface area contributed by atoms with E-state index in [1.807, 2.05) is 20.8 Å². The largest absolute Gasteiger partial charge is 0.370 e. The molecule has 0 aliphatic carbocycles. The molecular weight excluding hydrogens is 278 g/mol. The van der Waals surface area contributed by atoms with Crippen molar-refractivity contribution in [2.24, 2.45) is 5.84 Å². The summed E-state index contributed by atoms with van der Waals surface area (Å²) in [5.41, 5.74) is 3.37. The zero-order valence-electron chi connectivity index (χ0n) is 12.4. The van der Waals surface area contributed by atoms with E-state index < -0.39 is 9.84 Å². The predicted octanol–water partition coefficient (Wildman–Crippen LogP) is 1.04. The van der Waals surface area contributed by atoms with E-state index in [1.54, 1.807) is 0 Å². The zero-order chi connectivity index (χ0) is 15.3. The number of hydrazine groups is 1. The Morgan fingerprint density at radius 2 is 1.85 bits per heavy atom. The van der Waals surface area contributed by atoms with E-state index in [1.165, 1.54) is 6.26 Å². The van der Waals surface area contributed by atoms with Crippen molar-refractivity contribution in [1.82, 2.24) is 9.97 Å². The molecule has 1 rings (SSSR count). The van der Waals surface area contributed by atoms with E-state index in [0.29, 0.717) is 30.4 Å². The van der Waals surface area contributed by atoms with E-state index in [9.17, 15) is 8.42 Å². The van der Waals surface area contributed by atoms with Crippen molar-refractivity contribution in [3.8, 4) is 0 Å². The summed E-state index contributed by atoms with van der Waals surface area (Å²) < 4.78 is 22.1. The SMILES string of the molecule is Cc1c(NN)nc(C(C)C)nc1NCCCS(C)(=O)=O. The van der Waals surface area contributed by atoms with Crippen LogP contribution in [-0.4, -0.2) is 36.9 Å². The van der Waals surface area contributed by atoms with E-state index in [-0.39, 0.29) is 11.7 Å². The minimum absolute atomic E-state index is 0.156. The van der Waals surface area contributed by atoms with Crippen LogP contribution in [0.15, 0.2) is 0 Å². The zero-order valence-corrected chi connectivity index (χ0v) is 13.2. The van der Waals surface area contributed by atoms with Gasteiger partial charge in [-0.3, -0.25) is 0 Å². The Hall–Kier alpha value is -1.41. The molecular formula is C12H23N5O2S. The topological polar surface area (TPSA) is 110 Å². The third-order valence-electron chi connectivity index (χ3n) is 2.80. The second-order valence-corrected chi connectivity index (χ2v) is 7.37. The van der Waals surface area contributed by atoms with Crippen molar-refractivity contribution in [2.45, 2.75) is 33.1 Å². The number of hydrogen-bond donors (Lipinski definition) is 3. The maximum Gasteiger partial charge on any atom is 0.148 e. The molecule has 0 bridgehead atoms. The second kappa shape index (κ2) is 6.85. The Labute approximate surface area is 120 Å². The van der Waals surface area contributed by atoms with Gasteiger partial charge in [-0.05, 0) is 13.3 Å². The molecule has 0 spiro atoms. The molecule has 0 amide bonds. The van der Waals surface area contributed by atoms with E-state index >= 15 is 0 Å². The lowest BCUT2D eigenvalue weighted by Crippen LogP contribution is -2.16. The molecule has 0 aliphatic rings. The highest BCUT2D eigenvalue weighted by molar-refractivity contribution is 7.90. The van der Waals surface area contributed by atoms with Crippen LogP contribution in [0.1, 0.15) is 37.6 Å². The Kier molecular flexibility index (Phi) is 5.70. The third-order valence-corrected chi connectivity index (χ3v) is 3.83. The minimum atomic E-state index is -2.93. The van der Waals surface area contributed by atoms with Crippen LogP contribution in [-0.2, 0) is 9.84 Å². The molecule has 4 N–H and O–H groups in total. The van der Waals surface area contributed by atoms with Crippen LogP contribution >= 0.6 is 0 Å². The Morgan fingerprint density at radius 1 is 1.25 bits per heavy atom. The van der Waals surface area contributed by atoms with Crippen LogP contribution in [0, 0.1) is 6.92 Å². The fourth-order valence-corrected chi connectivity index (χ4v) is 2.31. The highest BCUT2D eigenvalue weighted by atomic mass is 32.2. The summed E-state index contributed by atoms with van der Waals surface area (Å²) in [6.45, 7) is 6.39. The van der Waals surface area contributed by atoms with Crippen molar-refractivity contribution < 1.29 is 8.42 Å². The van der Waals surface area contributed by atoms with Gasteiger partial charge in [-0.2, -0.15) is 0 Å². The standard InChI is InChI=1S/C12H23N5O2S/c1-8(2)10-15-11(9(3)12(16-10)17-13)14-6-5-7-20(4,18)19/h8H,5-7,13H2,1-4H3,(H2,14,15,16,17). The molecule has 1 aromatic heterocycles. The second-order valence-electron chi connectivity index (χ2n) is 5.11. The quantitative estimate of drug-likeness (QED) is 0.392. The lowest BCUT2D eigenvalue weighted by molar-refractivity contribution is 0.600. The molecule has 0 fully saturated rings. The van der Waals surface area contributed by atoms with Gasteiger partial charge in [0.25, 0.3) is 0 Å². The van der Waals surface area contributed by atoms with Gasteiger partial charge in [0.2, 0.25) is 0 Å². The van der Waals surface area contributed by atoms with Crippen molar-refractivity contribution in [3.05, 3.63) is 11.4 Å². The maximum atomic E-state index is 11.1. The number of nitrogens with two attached hydrogens (primary N) is 1. The van der Waals surface area contributed by atoms with Crippen LogP contribution in [0.5, 0.6) is 0 Å². The third kappa shape index (κ3) is 4.93. The predicted molar refractivity (Wildman–Crippen MR) is 81.5 cm³/mol. The Balaban J connectivity index is 2.80. The molecule has 0 aromatic carbocycles. The van der Waals surface area contributed by atoms with Gasteiger partial charge in [0, 0.05) is 24.3 Å². The van der Waals surface area contributed by atoms with E-state index in [0.717, 1.165) is 5.56 Å². The first-order valence-electron chi connectivity index (χ1n) is 6.51. The molecule has 0 atom stereocenters. The molecule has 7 nitrogen and oxygen atoms in total. The van der Waals surface area contributed by atoms with Gasteiger partial charge in [0.05, 0.1) is 5.75 Å². The molecule has 0 saturated heterocycles. The minimum Gasteiger partial charge on any atom is -0.370 e. The highest BCUT2D eigenvalue weighted by Crippen LogP contribution is 2.22. The molecule has 114 valence electrons. The van der Waals surface area contributed by atoms with Gasteiger partial charge in [-0.15, -0.1) is 0 Å². The first-order valence-corrected chi connectivity index (χ1v) is 8.57. The number of rotatable bonds is 7. The fraction of sp³-hybridized carbons (Fsp3) is 0.667. The number of anilines is 2. The average molecular weight is 301 g/mol. The lowest BCUT2D eigenvalue weighted by Gasteiger charge is -2.14. The summed E-state index contributed by atoms with van der Waals surface area (Å²) in [6, 6.07) is 0. The number of hydrogen-bond acceptors (Lipinski definition) is 7. The van der Waals surface area contributed by atoms with E-state index in [2.05, 4.69) is 20.7 Å². The van der Waals surface area contributed by atoms with Gasteiger partial charge in [0.1, 0.15) is 27.3 Å². The molecule has 0 radical (unpaired) electrons. The van der Waals surface area contributed by atoms with Crippen LogP contribution in [0.2, 0.25) is 0 Å². The van der Waals surface area contributed by atoms with Gasteiger partial charge in [0.15, 0.2) is 0 Å². The summed E-state index contributed by atoms with van der Waals surface area (Å²) in [5, 5.41) is 3.14. The number of nitrogens with one attached hydrogen (secondary N) is 2. The van der Waals surface area contributed by atoms with Gasteiger partial charge < -0.3 is 10.7 Å². The first kappa shape index (κ1) is 16.6. The number of nitrogen functional groups attached to an aromatic ring is 1. The highest BCUT2D eigenvalue weighted by Gasteiger charge is 2.12. The molecule has 0 aliphatic heterocycles. The van der Waals surface area contributed by atoms with Crippen molar-refractivity contribution in [2.75, 3.05) is 29.3 Å².